The summed E-state index contributed by atoms with van der Waals surface area (Å²) < 4.78 is 0. The lowest BCUT2D eigenvalue weighted by atomic mass is 9.94. The first-order chi connectivity index (χ1) is 10.6. The molecule has 6 atom stereocenters. The van der Waals surface area contributed by atoms with E-state index in [2.05, 4.69) is 49.0 Å². The van der Waals surface area contributed by atoms with E-state index in [-0.39, 0.29) is 6.23 Å². The first-order valence-electron chi connectivity index (χ1n) is 9.09. The maximum atomic E-state index is 5.95. The zero-order chi connectivity index (χ0) is 15.7. The minimum absolute atomic E-state index is 0.177. The van der Waals surface area contributed by atoms with Crippen molar-refractivity contribution in [2.45, 2.75) is 70.2 Å². The minimum atomic E-state index is 0.177. The van der Waals surface area contributed by atoms with Crippen LogP contribution in [0.15, 0.2) is 0 Å². The van der Waals surface area contributed by atoms with E-state index in [9.17, 15) is 0 Å². The summed E-state index contributed by atoms with van der Waals surface area (Å²) in [5, 5.41) is 6.22. The van der Waals surface area contributed by atoms with E-state index in [1.54, 1.807) is 4.90 Å². The first-order valence-corrected chi connectivity index (χ1v) is 9.09. The standard InChI is InChI=1S/C16H33N5O/c1-11(2)21-9-5-6-13(21)16-18-15(19-22-16)12-7-8-14(17-10-12)20(3)4/h11-19H,5-10H2,1-4H3/p+2/t12?,13-,14?,15?,16?/m0/s1. The molecule has 128 valence electrons. The quantitative estimate of drug-likeness (QED) is 0.489. The van der Waals surface area contributed by atoms with Gasteiger partial charge in [-0.1, -0.05) is 0 Å². The molecule has 3 aliphatic heterocycles. The van der Waals surface area contributed by atoms with Crippen LogP contribution in [0.25, 0.3) is 0 Å². The highest BCUT2D eigenvalue weighted by atomic mass is 16.7. The van der Waals surface area contributed by atoms with Crippen LogP contribution in [0.3, 0.4) is 0 Å². The molecule has 0 radical (unpaired) electrons. The number of quaternary nitrogens is 2. The summed E-state index contributed by atoms with van der Waals surface area (Å²) in [5.41, 5.74) is 3.30. The van der Waals surface area contributed by atoms with Crippen molar-refractivity contribution >= 4 is 0 Å². The molecule has 0 aromatic heterocycles. The Balaban J connectivity index is 1.50. The van der Waals surface area contributed by atoms with Crippen molar-refractivity contribution in [3.05, 3.63) is 0 Å². The van der Waals surface area contributed by atoms with Crippen LogP contribution in [0.5, 0.6) is 0 Å². The molecule has 0 bridgehead atoms. The predicted molar refractivity (Wildman–Crippen MR) is 85.9 cm³/mol. The maximum Gasteiger partial charge on any atom is 0.183 e. The highest BCUT2D eigenvalue weighted by molar-refractivity contribution is 4.83. The molecule has 6 nitrogen and oxygen atoms in total. The van der Waals surface area contributed by atoms with Crippen molar-refractivity contribution in [2.75, 3.05) is 27.2 Å². The summed E-state index contributed by atoms with van der Waals surface area (Å²) in [4.78, 5) is 9.98. The second-order valence-corrected chi connectivity index (χ2v) is 7.87. The van der Waals surface area contributed by atoms with Crippen LogP contribution in [0, 0.1) is 5.92 Å². The number of likely N-dealkylation sites (tertiary alicyclic amines) is 1. The van der Waals surface area contributed by atoms with Gasteiger partial charge in [-0.2, -0.15) is 5.48 Å². The Morgan fingerprint density at radius 1 is 1.23 bits per heavy atom. The van der Waals surface area contributed by atoms with Gasteiger partial charge in [0.05, 0.1) is 25.3 Å². The normalized spacial score (nSPS) is 43.4. The SMILES string of the molecule is CC(C)[NH+]1CCC[C@H]1C1NC(C2CCC(N(C)C)[NH2+]C2)NO1. The zero-order valence-corrected chi connectivity index (χ0v) is 14.6. The number of rotatable bonds is 4. The summed E-state index contributed by atoms with van der Waals surface area (Å²) in [5.74, 6) is 0.658. The van der Waals surface area contributed by atoms with E-state index in [1.165, 1.54) is 38.8 Å². The van der Waals surface area contributed by atoms with Crippen molar-refractivity contribution < 1.29 is 15.1 Å². The molecule has 22 heavy (non-hydrogen) atoms. The Kier molecular flexibility index (Phi) is 5.37. The van der Waals surface area contributed by atoms with Crippen molar-refractivity contribution in [1.82, 2.24) is 15.7 Å². The van der Waals surface area contributed by atoms with Crippen LogP contribution in [0.4, 0.5) is 0 Å². The topological polar surface area (TPSA) is 57.6 Å². The Morgan fingerprint density at radius 3 is 2.68 bits per heavy atom. The van der Waals surface area contributed by atoms with Crippen molar-refractivity contribution in [2.24, 2.45) is 5.92 Å². The second-order valence-electron chi connectivity index (χ2n) is 7.87. The van der Waals surface area contributed by atoms with E-state index in [1.807, 2.05) is 0 Å². The Hall–Kier alpha value is -0.240. The summed E-state index contributed by atoms with van der Waals surface area (Å²) in [6.07, 6.45) is 6.27. The molecule has 3 fully saturated rings. The van der Waals surface area contributed by atoms with E-state index in [4.69, 9.17) is 4.84 Å². The van der Waals surface area contributed by atoms with Gasteiger partial charge >= 0.3 is 0 Å². The summed E-state index contributed by atoms with van der Waals surface area (Å²) in [6, 6.07) is 1.28. The molecule has 6 heteroatoms. The largest absolute Gasteiger partial charge is 0.331 e. The molecule has 5 unspecified atom stereocenters. The number of hydrogen-bond donors (Lipinski definition) is 4. The van der Waals surface area contributed by atoms with Crippen LogP contribution >= 0.6 is 0 Å². The summed E-state index contributed by atoms with van der Waals surface area (Å²) in [6.45, 7) is 7.11. The van der Waals surface area contributed by atoms with Gasteiger partial charge in [-0.15, -0.1) is 0 Å². The molecule has 5 N–H and O–H groups in total. The highest BCUT2D eigenvalue weighted by Gasteiger charge is 2.44. The third-order valence-electron chi connectivity index (χ3n) is 5.91. The molecule has 3 rings (SSSR count). The predicted octanol–water partition coefficient (Wildman–Crippen LogP) is -1.92. The molecule has 3 saturated heterocycles. The van der Waals surface area contributed by atoms with Crippen molar-refractivity contribution in [3.63, 3.8) is 0 Å². The fourth-order valence-corrected chi connectivity index (χ4v) is 4.51. The molecule has 0 amide bonds. The van der Waals surface area contributed by atoms with Gasteiger partial charge in [0, 0.05) is 25.2 Å². The molecule has 3 aliphatic rings. The molecule has 0 aromatic rings. The molecule has 0 aliphatic carbocycles. The number of hydrogen-bond acceptors (Lipinski definition) is 4. The average Bonchev–Trinajstić information content (AvgIpc) is 3.16. The molecular formula is C16H35N5O+2. The second kappa shape index (κ2) is 7.11. The Labute approximate surface area is 134 Å². The summed E-state index contributed by atoms with van der Waals surface area (Å²) in [7, 11) is 4.35. The zero-order valence-electron chi connectivity index (χ0n) is 14.6. The number of nitrogens with zero attached hydrogens (tertiary/aromatic N) is 1. The molecule has 0 spiro atoms. The third-order valence-corrected chi connectivity index (χ3v) is 5.91. The summed E-state index contributed by atoms with van der Waals surface area (Å²) >= 11 is 0. The average molecular weight is 313 g/mol. The van der Waals surface area contributed by atoms with Gasteiger partial charge in [-0.05, 0) is 34.4 Å². The number of nitrogens with one attached hydrogen (secondary N) is 3. The van der Waals surface area contributed by atoms with Crippen molar-refractivity contribution in [3.8, 4) is 0 Å². The molecule has 0 aromatic carbocycles. The van der Waals surface area contributed by atoms with Gasteiger partial charge in [0.1, 0.15) is 12.2 Å². The minimum Gasteiger partial charge on any atom is -0.331 e. The van der Waals surface area contributed by atoms with Gasteiger partial charge in [0.15, 0.2) is 6.23 Å². The maximum absolute atomic E-state index is 5.95. The van der Waals surface area contributed by atoms with E-state index >= 15 is 0 Å². The van der Waals surface area contributed by atoms with E-state index in [0.29, 0.717) is 30.3 Å². The monoisotopic (exact) mass is 313 g/mol. The lowest BCUT2D eigenvalue weighted by Gasteiger charge is -2.33. The van der Waals surface area contributed by atoms with Crippen LogP contribution in [0.2, 0.25) is 0 Å². The molecule has 3 heterocycles. The van der Waals surface area contributed by atoms with Gasteiger partial charge in [0.25, 0.3) is 0 Å². The Bertz CT molecular complexity index is 356. The lowest BCUT2D eigenvalue weighted by Crippen LogP contribution is -3.18. The van der Waals surface area contributed by atoms with Crippen LogP contribution in [-0.2, 0) is 4.84 Å². The number of nitrogens with two attached hydrogens (primary N) is 1. The fraction of sp³-hybridized carbons (Fsp3) is 1.00. The van der Waals surface area contributed by atoms with Gasteiger partial charge < -0.3 is 10.2 Å². The Morgan fingerprint density at radius 2 is 2.05 bits per heavy atom. The van der Waals surface area contributed by atoms with Crippen LogP contribution in [0.1, 0.15) is 39.5 Å². The van der Waals surface area contributed by atoms with E-state index in [0.717, 1.165) is 0 Å². The number of hydroxylamine groups is 1. The van der Waals surface area contributed by atoms with Crippen molar-refractivity contribution in [1.29, 1.82) is 0 Å². The van der Waals surface area contributed by atoms with Crippen LogP contribution in [-0.4, -0.2) is 62.7 Å². The van der Waals surface area contributed by atoms with Gasteiger partial charge in [-0.3, -0.25) is 15.1 Å². The highest BCUT2D eigenvalue weighted by Crippen LogP contribution is 2.19. The number of piperidine rings is 1. The third kappa shape index (κ3) is 3.47. The smallest absolute Gasteiger partial charge is 0.183 e. The van der Waals surface area contributed by atoms with E-state index < -0.39 is 0 Å². The van der Waals surface area contributed by atoms with Gasteiger partial charge in [0.2, 0.25) is 0 Å². The first kappa shape index (κ1) is 16.6. The van der Waals surface area contributed by atoms with Crippen LogP contribution < -0.4 is 21.0 Å². The van der Waals surface area contributed by atoms with Gasteiger partial charge in [-0.25, -0.2) is 0 Å². The molecule has 0 saturated carbocycles. The lowest BCUT2D eigenvalue weighted by molar-refractivity contribution is -0.937. The molecular weight excluding hydrogens is 278 g/mol. The fourth-order valence-electron chi connectivity index (χ4n) is 4.51.